The van der Waals surface area contributed by atoms with Crippen molar-refractivity contribution in [2.75, 3.05) is 19.6 Å². The van der Waals surface area contributed by atoms with Gasteiger partial charge in [-0.3, -0.25) is 0 Å². The summed E-state index contributed by atoms with van der Waals surface area (Å²) in [6.45, 7) is 6.95. The number of aromatic nitrogens is 1. The second-order valence-corrected chi connectivity index (χ2v) is 4.70. The number of hydrogen-bond acceptors (Lipinski definition) is 2. The number of nitrogens with one attached hydrogen (secondary N) is 1. The van der Waals surface area contributed by atoms with Crippen LogP contribution in [0, 0.1) is 0 Å². The van der Waals surface area contributed by atoms with Crippen molar-refractivity contribution in [3.05, 3.63) is 24.0 Å². The van der Waals surface area contributed by atoms with Crippen molar-refractivity contribution >= 4 is 0 Å². The molecule has 0 unspecified atom stereocenters. The molecule has 2 heterocycles. The van der Waals surface area contributed by atoms with E-state index >= 15 is 0 Å². The standard InChI is InChI=1S/C13H23N3/c1-3-16-9-6-12(7-10-16)14-11-13-5-4-8-15(13)2/h4-5,8,12,14H,3,6-7,9-11H2,1-2H3. The molecule has 0 aromatic carbocycles. The molecule has 0 atom stereocenters. The summed E-state index contributed by atoms with van der Waals surface area (Å²) in [7, 11) is 2.11. The van der Waals surface area contributed by atoms with Crippen LogP contribution in [-0.2, 0) is 13.6 Å². The van der Waals surface area contributed by atoms with Crippen LogP contribution in [0.3, 0.4) is 0 Å². The fourth-order valence-electron chi connectivity index (χ4n) is 2.38. The highest BCUT2D eigenvalue weighted by Gasteiger charge is 2.17. The highest BCUT2D eigenvalue weighted by Crippen LogP contribution is 2.10. The summed E-state index contributed by atoms with van der Waals surface area (Å²) in [6, 6.07) is 5.00. The molecule has 0 saturated carbocycles. The van der Waals surface area contributed by atoms with E-state index in [1.807, 2.05) is 0 Å². The van der Waals surface area contributed by atoms with Gasteiger partial charge in [-0.05, 0) is 44.6 Å². The Balaban J connectivity index is 1.73. The van der Waals surface area contributed by atoms with Gasteiger partial charge in [0, 0.05) is 31.5 Å². The lowest BCUT2D eigenvalue weighted by atomic mass is 10.1. The molecule has 1 aromatic heterocycles. The van der Waals surface area contributed by atoms with E-state index < -0.39 is 0 Å². The van der Waals surface area contributed by atoms with Crippen LogP contribution in [0.2, 0.25) is 0 Å². The molecule has 1 aliphatic rings. The summed E-state index contributed by atoms with van der Waals surface area (Å²) in [5.74, 6) is 0. The van der Waals surface area contributed by atoms with Crippen LogP contribution in [0.5, 0.6) is 0 Å². The fraction of sp³-hybridized carbons (Fsp3) is 0.692. The highest BCUT2D eigenvalue weighted by molar-refractivity contribution is 5.06. The molecule has 2 rings (SSSR count). The average Bonchev–Trinajstić information content (AvgIpc) is 2.73. The molecular formula is C13H23N3. The van der Waals surface area contributed by atoms with Crippen molar-refractivity contribution in [1.82, 2.24) is 14.8 Å². The third-order valence-electron chi connectivity index (χ3n) is 3.66. The minimum absolute atomic E-state index is 0.706. The van der Waals surface area contributed by atoms with Gasteiger partial charge in [0.2, 0.25) is 0 Å². The Bertz CT molecular complexity index is 311. The summed E-state index contributed by atoms with van der Waals surface area (Å²) in [5, 5.41) is 3.66. The molecule has 0 spiro atoms. The van der Waals surface area contributed by atoms with Gasteiger partial charge in [-0.2, -0.15) is 0 Å². The molecule has 0 amide bonds. The molecule has 1 aromatic rings. The number of likely N-dealkylation sites (tertiary alicyclic amines) is 1. The first-order valence-electron chi connectivity index (χ1n) is 6.35. The van der Waals surface area contributed by atoms with Gasteiger partial charge < -0.3 is 14.8 Å². The molecule has 1 N–H and O–H groups in total. The molecule has 1 fully saturated rings. The molecule has 0 radical (unpaired) electrons. The van der Waals surface area contributed by atoms with Gasteiger partial charge in [0.15, 0.2) is 0 Å². The molecule has 90 valence electrons. The maximum absolute atomic E-state index is 3.66. The van der Waals surface area contributed by atoms with Crippen LogP contribution in [0.15, 0.2) is 18.3 Å². The van der Waals surface area contributed by atoms with Gasteiger partial charge in [-0.25, -0.2) is 0 Å². The predicted octanol–water partition coefficient (Wildman–Crippen LogP) is 1.60. The Hall–Kier alpha value is -0.800. The highest BCUT2D eigenvalue weighted by atomic mass is 15.1. The van der Waals surface area contributed by atoms with Crippen LogP contribution in [0.4, 0.5) is 0 Å². The average molecular weight is 221 g/mol. The Labute approximate surface area is 98.4 Å². The van der Waals surface area contributed by atoms with E-state index in [2.05, 4.69) is 47.1 Å². The molecular weight excluding hydrogens is 198 g/mol. The molecule has 16 heavy (non-hydrogen) atoms. The van der Waals surface area contributed by atoms with Crippen molar-refractivity contribution in [3.63, 3.8) is 0 Å². The zero-order valence-corrected chi connectivity index (χ0v) is 10.4. The smallest absolute Gasteiger partial charge is 0.0361 e. The van der Waals surface area contributed by atoms with Crippen molar-refractivity contribution in [2.45, 2.75) is 32.4 Å². The fourth-order valence-corrected chi connectivity index (χ4v) is 2.38. The lowest BCUT2D eigenvalue weighted by Crippen LogP contribution is -2.42. The van der Waals surface area contributed by atoms with Crippen LogP contribution >= 0.6 is 0 Å². The second-order valence-electron chi connectivity index (χ2n) is 4.70. The third-order valence-corrected chi connectivity index (χ3v) is 3.66. The Morgan fingerprint density at radius 1 is 1.38 bits per heavy atom. The number of piperidine rings is 1. The first-order chi connectivity index (χ1) is 7.79. The summed E-state index contributed by atoms with van der Waals surface area (Å²) in [5.41, 5.74) is 1.37. The van der Waals surface area contributed by atoms with Crippen molar-refractivity contribution < 1.29 is 0 Å². The van der Waals surface area contributed by atoms with E-state index in [-0.39, 0.29) is 0 Å². The van der Waals surface area contributed by atoms with E-state index in [4.69, 9.17) is 0 Å². The van der Waals surface area contributed by atoms with E-state index in [1.165, 1.54) is 38.2 Å². The summed E-state index contributed by atoms with van der Waals surface area (Å²) < 4.78 is 2.19. The van der Waals surface area contributed by atoms with E-state index in [0.29, 0.717) is 6.04 Å². The largest absolute Gasteiger partial charge is 0.353 e. The summed E-state index contributed by atoms with van der Waals surface area (Å²) >= 11 is 0. The Kier molecular flexibility index (Phi) is 4.02. The molecule has 3 nitrogen and oxygen atoms in total. The first kappa shape index (κ1) is 11.7. The molecule has 0 aliphatic carbocycles. The predicted molar refractivity (Wildman–Crippen MR) is 67.4 cm³/mol. The van der Waals surface area contributed by atoms with Gasteiger partial charge >= 0.3 is 0 Å². The van der Waals surface area contributed by atoms with Crippen molar-refractivity contribution in [1.29, 1.82) is 0 Å². The molecule has 1 aliphatic heterocycles. The van der Waals surface area contributed by atoms with E-state index in [9.17, 15) is 0 Å². The Morgan fingerprint density at radius 3 is 2.69 bits per heavy atom. The normalized spacial score (nSPS) is 19.1. The van der Waals surface area contributed by atoms with Crippen LogP contribution < -0.4 is 5.32 Å². The van der Waals surface area contributed by atoms with Crippen molar-refractivity contribution in [3.8, 4) is 0 Å². The molecule has 3 heteroatoms. The van der Waals surface area contributed by atoms with Gasteiger partial charge in [-0.1, -0.05) is 6.92 Å². The summed E-state index contributed by atoms with van der Waals surface area (Å²) in [4.78, 5) is 2.53. The maximum Gasteiger partial charge on any atom is 0.0361 e. The summed E-state index contributed by atoms with van der Waals surface area (Å²) in [6.07, 6.45) is 4.69. The maximum atomic E-state index is 3.66. The molecule has 1 saturated heterocycles. The SMILES string of the molecule is CCN1CCC(NCc2cccn2C)CC1. The lowest BCUT2D eigenvalue weighted by molar-refractivity contribution is 0.205. The minimum Gasteiger partial charge on any atom is -0.353 e. The number of aryl methyl sites for hydroxylation is 1. The number of hydrogen-bond donors (Lipinski definition) is 1. The van der Waals surface area contributed by atoms with Crippen molar-refractivity contribution in [2.24, 2.45) is 7.05 Å². The minimum atomic E-state index is 0.706. The number of rotatable bonds is 4. The number of nitrogens with zero attached hydrogens (tertiary/aromatic N) is 2. The van der Waals surface area contributed by atoms with Gasteiger partial charge in [0.05, 0.1) is 0 Å². The zero-order valence-electron chi connectivity index (χ0n) is 10.4. The first-order valence-corrected chi connectivity index (χ1v) is 6.35. The second kappa shape index (κ2) is 5.51. The topological polar surface area (TPSA) is 20.2 Å². The quantitative estimate of drug-likeness (QED) is 0.833. The Morgan fingerprint density at radius 2 is 2.12 bits per heavy atom. The monoisotopic (exact) mass is 221 g/mol. The van der Waals surface area contributed by atoms with Gasteiger partial charge in [-0.15, -0.1) is 0 Å². The third kappa shape index (κ3) is 2.86. The lowest BCUT2D eigenvalue weighted by Gasteiger charge is -2.31. The van der Waals surface area contributed by atoms with Gasteiger partial charge in [0.25, 0.3) is 0 Å². The van der Waals surface area contributed by atoms with E-state index in [1.54, 1.807) is 0 Å². The zero-order chi connectivity index (χ0) is 11.4. The van der Waals surface area contributed by atoms with E-state index in [0.717, 1.165) is 6.54 Å². The molecule has 0 bridgehead atoms. The van der Waals surface area contributed by atoms with Crippen LogP contribution in [-0.4, -0.2) is 35.1 Å². The van der Waals surface area contributed by atoms with Crippen LogP contribution in [0.1, 0.15) is 25.5 Å². The van der Waals surface area contributed by atoms with Gasteiger partial charge in [0.1, 0.15) is 0 Å². The van der Waals surface area contributed by atoms with Crippen LogP contribution in [0.25, 0.3) is 0 Å².